The zero-order valence-corrected chi connectivity index (χ0v) is 24.7. The molecule has 0 unspecified atom stereocenters. The number of aryl methyl sites for hydroxylation is 1. The van der Waals surface area contributed by atoms with E-state index in [0.717, 1.165) is 39.7 Å². The van der Waals surface area contributed by atoms with Gasteiger partial charge in [0, 0.05) is 44.0 Å². The lowest BCUT2D eigenvalue weighted by Crippen LogP contribution is -1.97. The first-order valence-corrected chi connectivity index (χ1v) is 15.3. The van der Waals surface area contributed by atoms with Crippen molar-refractivity contribution in [3.63, 3.8) is 0 Å². The maximum absolute atomic E-state index is 4.83. The number of hydrogen-bond donors (Lipinski definition) is 0. The van der Waals surface area contributed by atoms with Gasteiger partial charge in [0.2, 0.25) is 0 Å². The SMILES string of the molecule is Cc1nc(-c2ccc(-n3c4ccccc4c4ccccc43)cc2)cc(-c2ccc(-n3c4ccccc4c4ccccc43)cc2)n1. The highest BCUT2D eigenvalue weighted by atomic mass is 15.0. The van der Waals surface area contributed by atoms with Gasteiger partial charge in [0.15, 0.2) is 0 Å². The average molecular weight is 577 g/mol. The lowest BCUT2D eigenvalue weighted by atomic mass is 10.1. The van der Waals surface area contributed by atoms with E-state index >= 15 is 0 Å². The van der Waals surface area contributed by atoms with Gasteiger partial charge in [-0.1, -0.05) is 97.1 Å². The van der Waals surface area contributed by atoms with Crippen LogP contribution in [0.15, 0.2) is 152 Å². The first kappa shape index (κ1) is 25.5. The third-order valence-electron chi connectivity index (χ3n) is 8.84. The molecule has 6 aromatic carbocycles. The Bertz CT molecular complexity index is 2250. The van der Waals surface area contributed by atoms with Crippen LogP contribution in [-0.2, 0) is 0 Å². The highest BCUT2D eigenvalue weighted by Gasteiger charge is 2.14. The Morgan fingerprint density at radius 3 is 1.02 bits per heavy atom. The molecule has 0 bridgehead atoms. The van der Waals surface area contributed by atoms with Crippen molar-refractivity contribution in [2.45, 2.75) is 6.92 Å². The molecule has 0 aliphatic carbocycles. The number of aromatic nitrogens is 4. The highest BCUT2D eigenvalue weighted by Crippen LogP contribution is 2.34. The standard InChI is InChI=1S/C41H28N4/c1-27-42-36(28-18-22-30(23-19-28)44-38-14-6-2-10-32(38)33-11-3-7-15-39(33)44)26-37(43-27)29-20-24-31(25-21-29)45-40-16-8-4-12-34(40)35-13-5-9-17-41(35)45/h2-26H,1H3. The van der Waals surface area contributed by atoms with Crippen LogP contribution in [0.1, 0.15) is 5.82 Å². The van der Waals surface area contributed by atoms with Crippen LogP contribution in [0.4, 0.5) is 0 Å². The zero-order chi connectivity index (χ0) is 29.9. The molecule has 0 aliphatic rings. The van der Waals surface area contributed by atoms with Crippen molar-refractivity contribution in [1.82, 2.24) is 19.1 Å². The van der Waals surface area contributed by atoms with Crippen LogP contribution in [0.5, 0.6) is 0 Å². The van der Waals surface area contributed by atoms with Gasteiger partial charge in [-0.15, -0.1) is 0 Å². The maximum Gasteiger partial charge on any atom is 0.126 e. The summed E-state index contributed by atoms with van der Waals surface area (Å²) in [5, 5.41) is 5.05. The van der Waals surface area contributed by atoms with Crippen LogP contribution in [-0.4, -0.2) is 19.1 Å². The van der Waals surface area contributed by atoms with Crippen LogP contribution in [0.2, 0.25) is 0 Å². The van der Waals surface area contributed by atoms with E-state index < -0.39 is 0 Å². The van der Waals surface area contributed by atoms with Gasteiger partial charge in [-0.05, 0) is 61.5 Å². The van der Waals surface area contributed by atoms with E-state index in [-0.39, 0.29) is 0 Å². The second-order valence-corrected chi connectivity index (χ2v) is 11.5. The molecule has 0 fully saturated rings. The lowest BCUT2D eigenvalue weighted by molar-refractivity contribution is 1.06. The highest BCUT2D eigenvalue weighted by molar-refractivity contribution is 6.10. The van der Waals surface area contributed by atoms with Gasteiger partial charge in [0.05, 0.1) is 33.5 Å². The number of nitrogens with zero attached hydrogens (tertiary/aromatic N) is 4. The Kier molecular flexibility index (Phi) is 5.69. The fraction of sp³-hybridized carbons (Fsp3) is 0.0244. The summed E-state index contributed by atoms with van der Waals surface area (Å²) < 4.78 is 4.67. The van der Waals surface area contributed by atoms with Crippen molar-refractivity contribution in [2.75, 3.05) is 0 Å². The van der Waals surface area contributed by atoms with Gasteiger partial charge in [0.1, 0.15) is 5.82 Å². The molecule has 0 amide bonds. The van der Waals surface area contributed by atoms with Gasteiger partial charge in [-0.2, -0.15) is 0 Å². The van der Waals surface area contributed by atoms with Gasteiger partial charge in [0.25, 0.3) is 0 Å². The fourth-order valence-corrected chi connectivity index (χ4v) is 6.83. The molecule has 9 rings (SSSR count). The van der Waals surface area contributed by atoms with Crippen LogP contribution >= 0.6 is 0 Å². The second-order valence-electron chi connectivity index (χ2n) is 11.5. The molecule has 4 heteroatoms. The van der Waals surface area contributed by atoms with Gasteiger partial charge >= 0.3 is 0 Å². The molecule has 4 nitrogen and oxygen atoms in total. The summed E-state index contributed by atoms with van der Waals surface area (Å²) >= 11 is 0. The summed E-state index contributed by atoms with van der Waals surface area (Å²) in [6, 6.07) is 53.9. The Morgan fingerprint density at radius 1 is 0.378 bits per heavy atom. The van der Waals surface area contributed by atoms with Gasteiger partial charge in [-0.3, -0.25) is 0 Å². The number of benzene rings is 6. The molecule has 0 aliphatic heterocycles. The van der Waals surface area contributed by atoms with E-state index in [1.165, 1.54) is 43.6 Å². The van der Waals surface area contributed by atoms with Gasteiger partial charge in [-0.25, -0.2) is 9.97 Å². The van der Waals surface area contributed by atoms with Crippen LogP contribution < -0.4 is 0 Å². The summed E-state index contributed by atoms with van der Waals surface area (Å²) in [4.78, 5) is 9.65. The Labute approximate surface area is 260 Å². The van der Waals surface area contributed by atoms with Crippen molar-refractivity contribution in [1.29, 1.82) is 0 Å². The van der Waals surface area contributed by atoms with Crippen molar-refractivity contribution in [2.24, 2.45) is 0 Å². The smallest absolute Gasteiger partial charge is 0.126 e. The maximum atomic E-state index is 4.83. The fourth-order valence-electron chi connectivity index (χ4n) is 6.83. The predicted octanol–water partition coefficient (Wildman–Crippen LogP) is 10.3. The third kappa shape index (κ3) is 4.07. The molecule has 0 N–H and O–H groups in total. The lowest BCUT2D eigenvalue weighted by Gasteiger charge is -2.11. The molecular weight excluding hydrogens is 548 g/mol. The Hall–Kier alpha value is -6.00. The van der Waals surface area contributed by atoms with Crippen LogP contribution in [0, 0.1) is 6.92 Å². The first-order valence-electron chi connectivity index (χ1n) is 15.3. The number of para-hydroxylation sites is 4. The summed E-state index contributed by atoms with van der Waals surface area (Å²) in [5.41, 5.74) is 11.0. The topological polar surface area (TPSA) is 35.6 Å². The monoisotopic (exact) mass is 576 g/mol. The molecule has 3 aromatic heterocycles. The molecule has 9 aromatic rings. The second kappa shape index (κ2) is 10.0. The first-order chi connectivity index (χ1) is 22.2. The summed E-state index contributed by atoms with van der Waals surface area (Å²) in [5.74, 6) is 0.750. The Morgan fingerprint density at radius 2 is 0.689 bits per heavy atom. The minimum absolute atomic E-state index is 0.750. The van der Waals surface area contributed by atoms with E-state index in [1.807, 2.05) is 6.92 Å². The normalized spacial score (nSPS) is 11.7. The predicted molar refractivity (Wildman–Crippen MR) is 186 cm³/mol. The quantitative estimate of drug-likeness (QED) is 0.209. The van der Waals surface area contributed by atoms with Gasteiger partial charge < -0.3 is 9.13 Å². The molecule has 0 radical (unpaired) electrons. The molecule has 3 heterocycles. The third-order valence-corrected chi connectivity index (χ3v) is 8.84. The Balaban J connectivity index is 1.08. The van der Waals surface area contributed by atoms with E-state index in [1.54, 1.807) is 0 Å². The van der Waals surface area contributed by atoms with Crippen LogP contribution in [0.25, 0.3) is 77.5 Å². The summed E-state index contributed by atoms with van der Waals surface area (Å²) in [6.45, 7) is 1.96. The average Bonchev–Trinajstić information content (AvgIpc) is 3.61. The van der Waals surface area contributed by atoms with E-state index in [4.69, 9.17) is 9.97 Å². The van der Waals surface area contributed by atoms with E-state index in [9.17, 15) is 0 Å². The molecule has 0 spiro atoms. The van der Waals surface area contributed by atoms with Crippen molar-refractivity contribution in [3.05, 3.63) is 157 Å². The molecular formula is C41H28N4. The van der Waals surface area contributed by atoms with Crippen LogP contribution in [0.3, 0.4) is 0 Å². The largest absolute Gasteiger partial charge is 0.309 e. The molecule has 212 valence electrons. The summed E-state index contributed by atoms with van der Waals surface area (Å²) in [6.07, 6.45) is 0. The number of fused-ring (bicyclic) bond motifs is 6. The van der Waals surface area contributed by atoms with E-state index in [2.05, 4.69) is 161 Å². The van der Waals surface area contributed by atoms with Crippen molar-refractivity contribution < 1.29 is 0 Å². The number of rotatable bonds is 4. The van der Waals surface area contributed by atoms with E-state index in [0.29, 0.717) is 0 Å². The van der Waals surface area contributed by atoms with Crippen molar-refractivity contribution in [3.8, 4) is 33.9 Å². The van der Waals surface area contributed by atoms with Crippen molar-refractivity contribution >= 4 is 43.6 Å². The minimum Gasteiger partial charge on any atom is -0.309 e. The molecule has 0 saturated heterocycles. The molecule has 45 heavy (non-hydrogen) atoms. The molecule has 0 atom stereocenters. The minimum atomic E-state index is 0.750. The number of hydrogen-bond acceptors (Lipinski definition) is 2. The summed E-state index contributed by atoms with van der Waals surface area (Å²) in [7, 11) is 0. The zero-order valence-electron chi connectivity index (χ0n) is 24.7. The molecule has 0 saturated carbocycles.